The number of carbonyl (C=O) groups is 1. The lowest BCUT2D eigenvalue weighted by atomic mass is 10.1. The van der Waals surface area contributed by atoms with Crippen molar-refractivity contribution in [3.05, 3.63) is 101 Å². The van der Waals surface area contributed by atoms with E-state index in [9.17, 15) is 10.1 Å². The minimum atomic E-state index is -0.0258. The molecule has 8 heteroatoms. The highest BCUT2D eigenvalue weighted by molar-refractivity contribution is 5.94. The summed E-state index contributed by atoms with van der Waals surface area (Å²) in [5.74, 6) is 1.74. The third-order valence-corrected chi connectivity index (χ3v) is 6.49. The van der Waals surface area contributed by atoms with Crippen LogP contribution in [0.3, 0.4) is 0 Å². The van der Waals surface area contributed by atoms with Crippen LogP contribution < -0.4 is 4.74 Å². The van der Waals surface area contributed by atoms with E-state index in [-0.39, 0.29) is 12.5 Å². The van der Waals surface area contributed by atoms with Gasteiger partial charge in [-0.1, -0.05) is 53.7 Å². The fraction of sp³-hybridized carbons (Fsp3) is 0.241. The maximum absolute atomic E-state index is 13.2. The molecule has 5 rings (SSSR count). The van der Waals surface area contributed by atoms with Gasteiger partial charge in [-0.05, 0) is 36.8 Å². The van der Waals surface area contributed by atoms with Crippen LogP contribution in [0.1, 0.15) is 32.9 Å². The summed E-state index contributed by atoms with van der Waals surface area (Å²) in [6.45, 7) is 5.49. The molecule has 0 N–H and O–H groups in total. The van der Waals surface area contributed by atoms with Gasteiger partial charge in [0.25, 0.3) is 5.91 Å². The molecular formula is C29H27N5O3. The minimum Gasteiger partial charge on any atom is -0.489 e. The van der Waals surface area contributed by atoms with E-state index in [1.165, 1.54) is 0 Å². The van der Waals surface area contributed by atoms with Crippen molar-refractivity contribution in [3.63, 3.8) is 0 Å². The van der Waals surface area contributed by atoms with Crippen molar-refractivity contribution in [1.82, 2.24) is 19.9 Å². The van der Waals surface area contributed by atoms with Gasteiger partial charge in [-0.2, -0.15) is 10.2 Å². The molecule has 0 spiro atoms. The van der Waals surface area contributed by atoms with E-state index in [2.05, 4.69) is 21.1 Å². The number of hydrogen-bond donors (Lipinski definition) is 0. The number of aryl methyl sites for hydroxylation is 1. The molecule has 1 aliphatic rings. The maximum Gasteiger partial charge on any atom is 0.254 e. The SMILES string of the molecule is Cc1ccccc1-c1noc(CN2CCN(C(=O)c3cccc(OCc4ccccc4C#N)c3)CC2)n1. The molecule has 0 atom stereocenters. The lowest BCUT2D eigenvalue weighted by Crippen LogP contribution is -2.48. The quantitative estimate of drug-likeness (QED) is 0.375. The van der Waals surface area contributed by atoms with Crippen molar-refractivity contribution in [2.45, 2.75) is 20.1 Å². The number of nitrogens with zero attached hydrogens (tertiary/aromatic N) is 5. The first-order valence-corrected chi connectivity index (χ1v) is 12.2. The van der Waals surface area contributed by atoms with Crippen LogP contribution >= 0.6 is 0 Å². The number of aromatic nitrogens is 2. The molecule has 1 amide bonds. The average Bonchev–Trinajstić information content (AvgIpc) is 3.40. The standard InChI is InChI=1S/C29H27N5O3/c1-21-7-2-5-12-26(21)28-31-27(37-32-28)19-33-13-15-34(16-14-33)29(35)22-10-6-11-25(17-22)36-20-24-9-4-3-8-23(24)18-30/h2-12,17H,13-16,19-20H2,1H3. The van der Waals surface area contributed by atoms with E-state index in [0.717, 1.165) is 29.8 Å². The first-order chi connectivity index (χ1) is 18.1. The second-order valence-electron chi connectivity index (χ2n) is 8.98. The van der Waals surface area contributed by atoms with Crippen molar-refractivity contribution < 1.29 is 14.1 Å². The highest BCUT2D eigenvalue weighted by Crippen LogP contribution is 2.21. The number of rotatable bonds is 7. The number of benzene rings is 3. The fourth-order valence-electron chi connectivity index (χ4n) is 4.37. The zero-order valence-electron chi connectivity index (χ0n) is 20.6. The number of hydrogen-bond acceptors (Lipinski definition) is 7. The zero-order chi connectivity index (χ0) is 25.6. The van der Waals surface area contributed by atoms with Gasteiger partial charge in [0, 0.05) is 42.9 Å². The Morgan fingerprint density at radius 2 is 1.81 bits per heavy atom. The molecule has 2 heterocycles. The van der Waals surface area contributed by atoms with E-state index in [0.29, 0.717) is 48.2 Å². The first-order valence-electron chi connectivity index (χ1n) is 12.2. The number of nitriles is 1. The lowest BCUT2D eigenvalue weighted by molar-refractivity contribution is 0.0614. The Bertz CT molecular complexity index is 1430. The van der Waals surface area contributed by atoms with E-state index in [1.54, 1.807) is 18.2 Å². The maximum atomic E-state index is 13.2. The summed E-state index contributed by atoms with van der Waals surface area (Å²) in [5.41, 5.74) is 4.04. The Hall–Kier alpha value is -4.48. The summed E-state index contributed by atoms with van der Waals surface area (Å²) in [7, 11) is 0. The minimum absolute atomic E-state index is 0.0258. The molecule has 1 fully saturated rings. The molecule has 3 aromatic carbocycles. The van der Waals surface area contributed by atoms with Gasteiger partial charge in [-0.3, -0.25) is 9.69 Å². The monoisotopic (exact) mass is 493 g/mol. The van der Waals surface area contributed by atoms with Crippen LogP contribution in [-0.2, 0) is 13.2 Å². The molecule has 186 valence electrons. The normalized spacial score (nSPS) is 13.8. The molecule has 0 unspecified atom stereocenters. The van der Waals surface area contributed by atoms with E-state index in [1.807, 2.05) is 66.4 Å². The summed E-state index contributed by atoms with van der Waals surface area (Å²) < 4.78 is 11.4. The molecule has 0 radical (unpaired) electrons. The number of amides is 1. The van der Waals surface area contributed by atoms with Crippen LogP contribution in [0.5, 0.6) is 5.75 Å². The molecule has 0 aliphatic carbocycles. The van der Waals surface area contributed by atoms with Crippen LogP contribution in [0.4, 0.5) is 0 Å². The predicted molar refractivity (Wildman–Crippen MR) is 138 cm³/mol. The third kappa shape index (κ3) is 5.68. The van der Waals surface area contributed by atoms with Gasteiger partial charge in [0.05, 0.1) is 18.2 Å². The van der Waals surface area contributed by atoms with Crippen molar-refractivity contribution in [2.24, 2.45) is 0 Å². The summed E-state index contributed by atoms with van der Waals surface area (Å²) in [6.07, 6.45) is 0. The molecule has 37 heavy (non-hydrogen) atoms. The summed E-state index contributed by atoms with van der Waals surface area (Å²) in [6, 6.07) is 24.7. The number of ether oxygens (including phenoxy) is 1. The van der Waals surface area contributed by atoms with Crippen LogP contribution in [0, 0.1) is 18.3 Å². The smallest absolute Gasteiger partial charge is 0.254 e. The second kappa shape index (κ2) is 11.1. The Balaban J connectivity index is 1.15. The molecule has 4 aromatic rings. The van der Waals surface area contributed by atoms with Gasteiger partial charge in [-0.25, -0.2) is 0 Å². The van der Waals surface area contributed by atoms with E-state index in [4.69, 9.17) is 9.26 Å². The van der Waals surface area contributed by atoms with Gasteiger partial charge in [-0.15, -0.1) is 0 Å². The first kappa shape index (κ1) is 24.2. The molecule has 1 aliphatic heterocycles. The molecule has 0 bridgehead atoms. The summed E-state index contributed by atoms with van der Waals surface area (Å²) >= 11 is 0. The molecule has 1 aromatic heterocycles. The predicted octanol–water partition coefficient (Wildman–Crippen LogP) is 4.45. The molecular weight excluding hydrogens is 466 g/mol. The Morgan fingerprint density at radius 3 is 2.62 bits per heavy atom. The van der Waals surface area contributed by atoms with Crippen LogP contribution in [0.25, 0.3) is 11.4 Å². The molecule has 8 nitrogen and oxygen atoms in total. The van der Waals surface area contributed by atoms with Crippen LogP contribution in [0.15, 0.2) is 77.3 Å². The van der Waals surface area contributed by atoms with Gasteiger partial charge < -0.3 is 14.2 Å². The highest BCUT2D eigenvalue weighted by atomic mass is 16.5. The molecule has 1 saturated heterocycles. The van der Waals surface area contributed by atoms with Crippen LogP contribution in [0.2, 0.25) is 0 Å². The van der Waals surface area contributed by atoms with Gasteiger partial charge in [0.1, 0.15) is 12.4 Å². The summed E-state index contributed by atoms with van der Waals surface area (Å²) in [4.78, 5) is 21.8. The molecule has 0 saturated carbocycles. The highest BCUT2D eigenvalue weighted by Gasteiger charge is 2.24. The summed E-state index contributed by atoms with van der Waals surface area (Å²) in [5, 5.41) is 13.4. The largest absolute Gasteiger partial charge is 0.489 e. The van der Waals surface area contributed by atoms with E-state index >= 15 is 0 Å². The Morgan fingerprint density at radius 1 is 1.03 bits per heavy atom. The Labute approximate surface area is 215 Å². The van der Waals surface area contributed by atoms with Crippen molar-refractivity contribution in [3.8, 4) is 23.2 Å². The lowest BCUT2D eigenvalue weighted by Gasteiger charge is -2.34. The second-order valence-corrected chi connectivity index (χ2v) is 8.98. The fourth-order valence-corrected chi connectivity index (χ4v) is 4.37. The van der Waals surface area contributed by atoms with Crippen molar-refractivity contribution in [2.75, 3.05) is 26.2 Å². The van der Waals surface area contributed by atoms with Crippen molar-refractivity contribution >= 4 is 5.91 Å². The van der Waals surface area contributed by atoms with Crippen LogP contribution in [-0.4, -0.2) is 52.0 Å². The number of piperazine rings is 1. The Kier molecular flexibility index (Phi) is 7.24. The van der Waals surface area contributed by atoms with Gasteiger partial charge >= 0.3 is 0 Å². The topological polar surface area (TPSA) is 95.5 Å². The zero-order valence-corrected chi connectivity index (χ0v) is 20.6. The average molecular weight is 494 g/mol. The third-order valence-electron chi connectivity index (χ3n) is 6.49. The van der Waals surface area contributed by atoms with Crippen molar-refractivity contribution in [1.29, 1.82) is 5.26 Å². The van der Waals surface area contributed by atoms with E-state index < -0.39 is 0 Å². The number of carbonyl (C=O) groups excluding carboxylic acids is 1. The van der Waals surface area contributed by atoms with Gasteiger partial charge in [0.2, 0.25) is 11.7 Å². The van der Waals surface area contributed by atoms with Gasteiger partial charge in [0.15, 0.2) is 0 Å².